The number of sulfonamides is 1. The zero-order valence-corrected chi connectivity index (χ0v) is 22.0. The lowest BCUT2D eigenvalue weighted by Gasteiger charge is -2.28. The van der Waals surface area contributed by atoms with E-state index in [4.69, 9.17) is 14.5 Å². The molecule has 37 heavy (non-hydrogen) atoms. The summed E-state index contributed by atoms with van der Waals surface area (Å²) in [6.45, 7) is 0.485. The van der Waals surface area contributed by atoms with Crippen LogP contribution >= 0.6 is 11.3 Å². The van der Waals surface area contributed by atoms with Crippen LogP contribution in [-0.4, -0.2) is 55.4 Å². The van der Waals surface area contributed by atoms with Gasteiger partial charge in [0.1, 0.15) is 17.5 Å². The third kappa shape index (κ3) is 5.02. The van der Waals surface area contributed by atoms with Crippen LogP contribution in [0.2, 0.25) is 0 Å². The number of ether oxygens (including phenoxy) is 2. The fraction of sp³-hybridized carbons (Fsp3) is 0.269. The van der Waals surface area contributed by atoms with E-state index < -0.39 is 16.1 Å². The standard InChI is InChI=1S/C26H26N4O5S2/c1-34-19-7-10-21(11-8-19)37(32,33)30-14-4-6-23(30)25(31)29(17-18-5-3-13-27-16-18)26-28-22-12-9-20(35-2)15-24(22)36-26/h3,5,7-13,15-16,23H,4,6,14,17H2,1-2H3. The molecule has 0 aliphatic carbocycles. The van der Waals surface area contributed by atoms with E-state index in [1.807, 2.05) is 24.3 Å². The fourth-order valence-corrected chi connectivity index (χ4v) is 7.04. The number of aromatic nitrogens is 2. The maximum Gasteiger partial charge on any atom is 0.247 e. The van der Waals surface area contributed by atoms with Gasteiger partial charge in [-0.2, -0.15) is 4.31 Å². The van der Waals surface area contributed by atoms with Gasteiger partial charge in [0.05, 0.1) is 35.9 Å². The van der Waals surface area contributed by atoms with Crippen LogP contribution in [0.4, 0.5) is 5.13 Å². The number of nitrogens with zero attached hydrogens (tertiary/aromatic N) is 4. The highest BCUT2D eigenvalue weighted by atomic mass is 32.2. The summed E-state index contributed by atoms with van der Waals surface area (Å²) in [5.41, 5.74) is 1.55. The lowest BCUT2D eigenvalue weighted by atomic mass is 10.2. The number of fused-ring (bicyclic) bond motifs is 1. The van der Waals surface area contributed by atoms with Crippen LogP contribution in [0.3, 0.4) is 0 Å². The van der Waals surface area contributed by atoms with Crippen LogP contribution < -0.4 is 14.4 Å². The molecule has 1 amide bonds. The Morgan fingerprint density at radius 1 is 1.11 bits per heavy atom. The zero-order chi connectivity index (χ0) is 26.0. The molecule has 3 heterocycles. The minimum absolute atomic E-state index is 0.124. The summed E-state index contributed by atoms with van der Waals surface area (Å²) in [7, 11) is -0.778. The van der Waals surface area contributed by atoms with Crippen molar-refractivity contribution >= 4 is 42.6 Å². The van der Waals surface area contributed by atoms with E-state index in [0.29, 0.717) is 29.5 Å². The molecule has 0 radical (unpaired) electrons. The number of rotatable bonds is 8. The number of thiazole rings is 1. The van der Waals surface area contributed by atoms with Gasteiger partial charge in [-0.05, 0) is 66.9 Å². The molecule has 2 aromatic carbocycles. The van der Waals surface area contributed by atoms with Gasteiger partial charge in [0, 0.05) is 18.9 Å². The molecule has 0 N–H and O–H groups in total. The van der Waals surface area contributed by atoms with Crippen molar-refractivity contribution in [2.75, 3.05) is 25.7 Å². The van der Waals surface area contributed by atoms with Crippen LogP contribution in [-0.2, 0) is 21.4 Å². The quantitative estimate of drug-likeness (QED) is 0.333. The van der Waals surface area contributed by atoms with Gasteiger partial charge in [0.15, 0.2) is 5.13 Å². The Bertz CT molecular complexity index is 1510. The molecule has 4 aromatic rings. The number of methoxy groups -OCH3 is 2. The zero-order valence-electron chi connectivity index (χ0n) is 20.4. The molecule has 0 bridgehead atoms. The number of pyridine rings is 1. The van der Waals surface area contributed by atoms with Gasteiger partial charge in [0.2, 0.25) is 15.9 Å². The Morgan fingerprint density at radius 2 is 1.86 bits per heavy atom. The molecular weight excluding hydrogens is 512 g/mol. The summed E-state index contributed by atoms with van der Waals surface area (Å²) in [6.07, 6.45) is 4.37. The Balaban J connectivity index is 1.50. The van der Waals surface area contributed by atoms with Gasteiger partial charge in [-0.15, -0.1) is 0 Å². The van der Waals surface area contributed by atoms with Gasteiger partial charge in [-0.3, -0.25) is 14.7 Å². The minimum atomic E-state index is -3.90. The van der Waals surface area contributed by atoms with Gasteiger partial charge in [0.25, 0.3) is 0 Å². The van der Waals surface area contributed by atoms with Gasteiger partial charge < -0.3 is 9.47 Å². The van der Waals surface area contributed by atoms with E-state index in [-0.39, 0.29) is 23.9 Å². The molecule has 5 rings (SSSR count). The number of anilines is 1. The molecule has 1 saturated heterocycles. The first kappa shape index (κ1) is 25.1. The summed E-state index contributed by atoms with van der Waals surface area (Å²) < 4.78 is 39.8. The van der Waals surface area contributed by atoms with E-state index >= 15 is 0 Å². The Hall–Kier alpha value is -3.54. The molecule has 9 nitrogen and oxygen atoms in total. The SMILES string of the molecule is COc1ccc(S(=O)(=O)N2CCCC2C(=O)N(Cc2cccnc2)c2nc3ccc(OC)cc3s2)cc1. The predicted molar refractivity (Wildman–Crippen MR) is 142 cm³/mol. The van der Waals surface area contributed by atoms with Crippen molar-refractivity contribution in [3.05, 3.63) is 72.6 Å². The van der Waals surface area contributed by atoms with E-state index in [1.165, 1.54) is 34.9 Å². The average molecular weight is 539 g/mol. The molecule has 1 atom stereocenters. The van der Waals surface area contributed by atoms with Crippen molar-refractivity contribution < 1.29 is 22.7 Å². The molecule has 1 aliphatic rings. The number of carbonyl (C=O) groups is 1. The molecule has 192 valence electrons. The third-order valence-corrected chi connectivity index (χ3v) is 9.26. The highest BCUT2D eigenvalue weighted by molar-refractivity contribution is 7.89. The van der Waals surface area contributed by atoms with Crippen molar-refractivity contribution in [3.8, 4) is 11.5 Å². The highest BCUT2D eigenvalue weighted by Gasteiger charge is 2.42. The molecule has 1 unspecified atom stereocenters. The van der Waals surface area contributed by atoms with Gasteiger partial charge in [-0.1, -0.05) is 17.4 Å². The molecule has 0 saturated carbocycles. The smallest absolute Gasteiger partial charge is 0.247 e. The Kier molecular flexibility index (Phi) is 7.09. The number of hydrogen-bond donors (Lipinski definition) is 0. The average Bonchev–Trinajstić information content (AvgIpc) is 3.59. The fourth-order valence-electron chi connectivity index (χ4n) is 4.39. The largest absolute Gasteiger partial charge is 0.497 e. The van der Waals surface area contributed by atoms with E-state index in [1.54, 1.807) is 42.6 Å². The number of benzene rings is 2. The van der Waals surface area contributed by atoms with Crippen molar-refractivity contribution in [1.29, 1.82) is 0 Å². The predicted octanol–water partition coefficient (Wildman–Crippen LogP) is 4.10. The number of hydrogen-bond acceptors (Lipinski definition) is 8. The lowest BCUT2D eigenvalue weighted by Crippen LogP contribution is -2.47. The lowest BCUT2D eigenvalue weighted by molar-refractivity contribution is -0.121. The number of carbonyl (C=O) groups excluding carboxylic acids is 1. The second kappa shape index (κ2) is 10.4. The second-order valence-electron chi connectivity index (χ2n) is 8.57. The summed E-state index contributed by atoms with van der Waals surface area (Å²) in [4.78, 5) is 24.6. The molecule has 1 fully saturated rings. The van der Waals surface area contributed by atoms with E-state index in [2.05, 4.69) is 4.98 Å². The molecule has 0 spiro atoms. The minimum Gasteiger partial charge on any atom is -0.497 e. The first-order valence-electron chi connectivity index (χ1n) is 11.7. The molecular formula is C26H26N4O5S2. The van der Waals surface area contributed by atoms with Crippen LogP contribution in [0.1, 0.15) is 18.4 Å². The molecule has 2 aromatic heterocycles. The van der Waals surface area contributed by atoms with Crippen LogP contribution in [0.25, 0.3) is 10.2 Å². The Labute approximate surface area is 219 Å². The molecule has 1 aliphatic heterocycles. The van der Waals surface area contributed by atoms with Crippen LogP contribution in [0.5, 0.6) is 11.5 Å². The molecule has 11 heteroatoms. The van der Waals surface area contributed by atoms with Crippen LogP contribution in [0, 0.1) is 0 Å². The maximum atomic E-state index is 14.1. The van der Waals surface area contributed by atoms with Crippen molar-refractivity contribution in [2.45, 2.75) is 30.3 Å². The normalized spacial score (nSPS) is 16.1. The summed E-state index contributed by atoms with van der Waals surface area (Å²) >= 11 is 1.36. The van der Waals surface area contributed by atoms with Gasteiger partial charge in [-0.25, -0.2) is 13.4 Å². The second-order valence-corrected chi connectivity index (χ2v) is 11.5. The van der Waals surface area contributed by atoms with Crippen molar-refractivity contribution in [2.24, 2.45) is 0 Å². The van der Waals surface area contributed by atoms with E-state index in [9.17, 15) is 13.2 Å². The monoisotopic (exact) mass is 538 g/mol. The van der Waals surface area contributed by atoms with Crippen LogP contribution in [0.15, 0.2) is 71.9 Å². The summed E-state index contributed by atoms with van der Waals surface area (Å²) in [5, 5.41) is 0.491. The third-order valence-electron chi connectivity index (χ3n) is 6.30. The van der Waals surface area contributed by atoms with Crippen molar-refractivity contribution in [1.82, 2.24) is 14.3 Å². The summed E-state index contributed by atoms with van der Waals surface area (Å²) in [5.74, 6) is 0.938. The maximum absolute atomic E-state index is 14.1. The Morgan fingerprint density at radius 3 is 2.57 bits per heavy atom. The van der Waals surface area contributed by atoms with E-state index in [0.717, 1.165) is 15.8 Å². The number of amides is 1. The first-order chi connectivity index (χ1) is 17.9. The summed E-state index contributed by atoms with van der Waals surface area (Å²) in [6, 6.07) is 14.6. The first-order valence-corrected chi connectivity index (χ1v) is 14.0. The topological polar surface area (TPSA) is 102 Å². The highest BCUT2D eigenvalue weighted by Crippen LogP contribution is 2.35. The van der Waals surface area contributed by atoms with Crippen molar-refractivity contribution in [3.63, 3.8) is 0 Å². The van der Waals surface area contributed by atoms with Gasteiger partial charge >= 0.3 is 0 Å².